The zero-order valence-electron chi connectivity index (χ0n) is 11.2. The molecular weight excluding hydrogens is 212 g/mol. The molecule has 0 aromatic heterocycles. The van der Waals surface area contributed by atoms with Crippen LogP contribution in [0.5, 0.6) is 0 Å². The van der Waals surface area contributed by atoms with Gasteiger partial charge in [-0.25, -0.2) is 0 Å². The van der Waals surface area contributed by atoms with Crippen LogP contribution in [0.15, 0.2) is 24.3 Å². The predicted molar refractivity (Wildman–Crippen MR) is 70.1 cm³/mol. The second-order valence-corrected chi connectivity index (χ2v) is 4.64. The number of aryl methyl sites for hydroxylation is 1. The Labute approximate surface area is 104 Å². The third kappa shape index (κ3) is 4.22. The van der Waals surface area contributed by atoms with E-state index in [-0.39, 0.29) is 18.0 Å². The molecule has 2 heteroatoms. The molecule has 1 aromatic carbocycles. The molecular formula is C15H22O2. The van der Waals surface area contributed by atoms with Crippen molar-refractivity contribution >= 4 is 5.97 Å². The Balaban J connectivity index is 2.60. The van der Waals surface area contributed by atoms with Gasteiger partial charge in [-0.15, -0.1) is 0 Å². The van der Waals surface area contributed by atoms with Gasteiger partial charge in [0.25, 0.3) is 0 Å². The Morgan fingerprint density at radius 3 is 2.35 bits per heavy atom. The third-order valence-corrected chi connectivity index (χ3v) is 3.08. The number of hydrogen-bond acceptors (Lipinski definition) is 2. The van der Waals surface area contributed by atoms with Gasteiger partial charge in [-0.3, -0.25) is 4.79 Å². The van der Waals surface area contributed by atoms with Gasteiger partial charge in [0.1, 0.15) is 6.10 Å². The van der Waals surface area contributed by atoms with E-state index in [0.717, 1.165) is 6.42 Å². The summed E-state index contributed by atoms with van der Waals surface area (Å²) in [4.78, 5) is 11.4. The van der Waals surface area contributed by atoms with E-state index in [1.807, 2.05) is 13.8 Å². The average molecular weight is 234 g/mol. The number of ether oxygens (including phenoxy) is 1. The van der Waals surface area contributed by atoms with Gasteiger partial charge in [0.05, 0.1) is 0 Å². The van der Waals surface area contributed by atoms with Crippen molar-refractivity contribution in [2.75, 3.05) is 0 Å². The second-order valence-electron chi connectivity index (χ2n) is 4.64. The lowest BCUT2D eigenvalue weighted by molar-refractivity contribution is -0.149. The highest BCUT2D eigenvalue weighted by Crippen LogP contribution is 2.22. The molecule has 1 aromatic rings. The van der Waals surface area contributed by atoms with Crippen LogP contribution in [0.2, 0.25) is 0 Å². The molecule has 1 rings (SSSR count). The van der Waals surface area contributed by atoms with Gasteiger partial charge in [-0.2, -0.15) is 0 Å². The maximum atomic E-state index is 11.4. The second kappa shape index (κ2) is 6.43. The van der Waals surface area contributed by atoms with Crippen LogP contribution in [-0.4, -0.2) is 12.1 Å². The molecule has 17 heavy (non-hydrogen) atoms. The topological polar surface area (TPSA) is 26.3 Å². The fourth-order valence-corrected chi connectivity index (χ4v) is 1.71. The lowest BCUT2D eigenvalue weighted by Gasteiger charge is -2.21. The molecule has 0 saturated carbocycles. The van der Waals surface area contributed by atoms with Crippen molar-refractivity contribution in [2.45, 2.75) is 52.6 Å². The fourth-order valence-electron chi connectivity index (χ4n) is 1.71. The van der Waals surface area contributed by atoms with E-state index in [1.165, 1.54) is 11.1 Å². The van der Waals surface area contributed by atoms with Crippen LogP contribution in [0, 0.1) is 6.92 Å². The largest absolute Gasteiger partial charge is 0.462 e. The first-order chi connectivity index (χ1) is 8.04. The maximum Gasteiger partial charge on any atom is 0.306 e. The molecule has 1 unspecified atom stereocenters. The number of hydrogen-bond donors (Lipinski definition) is 0. The Kier molecular flexibility index (Phi) is 5.20. The quantitative estimate of drug-likeness (QED) is 0.724. The molecule has 0 fully saturated rings. The number of rotatable bonds is 5. The summed E-state index contributed by atoms with van der Waals surface area (Å²) in [5, 5.41) is 0. The number of carbonyl (C=O) groups is 1. The van der Waals surface area contributed by atoms with E-state index in [0.29, 0.717) is 6.42 Å². The van der Waals surface area contributed by atoms with Crippen LogP contribution in [0.4, 0.5) is 0 Å². The Hall–Kier alpha value is -1.31. The van der Waals surface area contributed by atoms with Gasteiger partial charge in [-0.1, -0.05) is 43.7 Å². The summed E-state index contributed by atoms with van der Waals surface area (Å²) < 4.78 is 5.40. The minimum Gasteiger partial charge on any atom is -0.462 e. The molecule has 0 N–H and O–H groups in total. The molecule has 0 radical (unpaired) electrons. The Bertz CT molecular complexity index is 354. The van der Waals surface area contributed by atoms with Crippen molar-refractivity contribution in [3.05, 3.63) is 35.4 Å². The van der Waals surface area contributed by atoms with Crippen LogP contribution in [0.1, 0.15) is 50.7 Å². The molecule has 0 amide bonds. The van der Waals surface area contributed by atoms with Crippen molar-refractivity contribution in [2.24, 2.45) is 0 Å². The first-order valence-electron chi connectivity index (χ1n) is 6.30. The Morgan fingerprint density at radius 2 is 1.82 bits per heavy atom. The summed E-state index contributed by atoms with van der Waals surface area (Å²) in [6.07, 6.45) is 1.27. The SMILES string of the molecule is CCCC(=O)O[C@@H](C)C(C)c1ccc(C)cc1. The first-order valence-corrected chi connectivity index (χ1v) is 6.30. The number of esters is 1. The molecule has 0 saturated heterocycles. The smallest absolute Gasteiger partial charge is 0.306 e. The van der Waals surface area contributed by atoms with Crippen LogP contribution in [0.3, 0.4) is 0 Å². The molecule has 0 aliphatic heterocycles. The van der Waals surface area contributed by atoms with Crippen LogP contribution >= 0.6 is 0 Å². The van der Waals surface area contributed by atoms with E-state index in [4.69, 9.17) is 4.74 Å². The highest BCUT2D eigenvalue weighted by molar-refractivity contribution is 5.69. The highest BCUT2D eigenvalue weighted by Gasteiger charge is 2.17. The molecule has 2 nitrogen and oxygen atoms in total. The number of benzene rings is 1. The van der Waals surface area contributed by atoms with Gasteiger partial charge in [-0.05, 0) is 25.8 Å². The monoisotopic (exact) mass is 234 g/mol. The summed E-state index contributed by atoms with van der Waals surface area (Å²) >= 11 is 0. The van der Waals surface area contributed by atoms with Crippen molar-refractivity contribution in [1.29, 1.82) is 0 Å². The third-order valence-electron chi connectivity index (χ3n) is 3.08. The van der Waals surface area contributed by atoms with Crippen molar-refractivity contribution in [3.8, 4) is 0 Å². The molecule has 0 spiro atoms. The van der Waals surface area contributed by atoms with Gasteiger partial charge >= 0.3 is 5.97 Å². The molecule has 0 aliphatic carbocycles. The highest BCUT2D eigenvalue weighted by atomic mass is 16.5. The van der Waals surface area contributed by atoms with Crippen LogP contribution < -0.4 is 0 Å². The lowest BCUT2D eigenvalue weighted by Crippen LogP contribution is -2.20. The molecule has 0 heterocycles. The standard InChI is InChI=1S/C15H22O2/c1-5-6-15(16)17-13(4)12(3)14-9-7-11(2)8-10-14/h7-10,12-13H,5-6H2,1-4H3/t12?,13-/m0/s1. The molecule has 0 bridgehead atoms. The summed E-state index contributed by atoms with van der Waals surface area (Å²) in [6.45, 7) is 8.10. The Morgan fingerprint density at radius 1 is 1.24 bits per heavy atom. The van der Waals surface area contributed by atoms with Crippen molar-refractivity contribution in [1.82, 2.24) is 0 Å². The van der Waals surface area contributed by atoms with E-state index < -0.39 is 0 Å². The molecule has 2 atom stereocenters. The van der Waals surface area contributed by atoms with E-state index >= 15 is 0 Å². The van der Waals surface area contributed by atoms with E-state index in [1.54, 1.807) is 0 Å². The van der Waals surface area contributed by atoms with Crippen LogP contribution in [0.25, 0.3) is 0 Å². The van der Waals surface area contributed by atoms with Gasteiger partial charge in [0, 0.05) is 12.3 Å². The molecule has 0 aliphatic rings. The van der Waals surface area contributed by atoms with E-state index in [9.17, 15) is 4.79 Å². The van der Waals surface area contributed by atoms with Crippen LogP contribution in [-0.2, 0) is 9.53 Å². The predicted octanol–water partition coefficient (Wildman–Crippen LogP) is 3.83. The average Bonchev–Trinajstić information content (AvgIpc) is 2.29. The normalized spacial score (nSPS) is 14.1. The van der Waals surface area contributed by atoms with Gasteiger partial charge < -0.3 is 4.74 Å². The van der Waals surface area contributed by atoms with E-state index in [2.05, 4.69) is 38.1 Å². The lowest BCUT2D eigenvalue weighted by atomic mass is 9.95. The summed E-state index contributed by atoms with van der Waals surface area (Å²) in [7, 11) is 0. The maximum absolute atomic E-state index is 11.4. The van der Waals surface area contributed by atoms with Crippen molar-refractivity contribution < 1.29 is 9.53 Å². The van der Waals surface area contributed by atoms with Crippen molar-refractivity contribution in [3.63, 3.8) is 0 Å². The fraction of sp³-hybridized carbons (Fsp3) is 0.533. The minimum absolute atomic E-state index is 0.0724. The summed E-state index contributed by atoms with van der Waals surface area (Å²) in [5.41, 5.74) is 2.46. The van der Waals surface area contributed by atoms with Gasteiger partial charge in [0.15, 0.2) is 0 Å². The zero-order chi connectivity index (χ0) is 12.8. The van der Waals surface area contributed by atoms with Gasteiger partial charge in [0.2, 0.25) is 0 Å². The summed E-state index contributed by atoms with van der Waals surface area (Å²) in [6, 6.07) is 8.38. The molecule has 94 valence electrons. The summed E-state index contributed by atoms with van der Waals surface area (Å²) in [5.74, 6) is 0.135. The number of carbonyl (C=O) groups excluding carboxylic acids is 1. The minimum atomic E-state index is -0.0982. The zero-order valence-corrected chi connectivity index (χ0v) is 11.2. The first kappa shape index (κ1) is 13.8.